The summed E-state index contributed by atoms with van der Waals surface area (Å²) < 4.78 is 6.94. The van der Waals surface area contributed by atoms with Gasteiger partial charge in [0.25, 0.3) is 5.91 Å². The summed E-state index contributed by atoms with van der Waals surface area (Å²) in [5, 5.41) is 7.91. The van der Waals surface area contributed by atoms with E-state index in [0.717, 1.165) is 5.56 Å². The van der Waals surface area contributed by atoms with Gasteiger partial charge in [0.2, 0.25) is 0 Å². The van der Waals surface area contributed by atoms with E-state index >= 15 is 0 Å². The Morgan fingerprint density at radius 2 is 2.04 bits per heavy atom. The summed E-state index contributed by atoms with van der Waals surface area (Å²) in [6.45, 7) is 0.358. The zero-order chi connectivity index (χ0) is 18.6. The van der Waals surface area contributed by atoms with Crippen molar-refractivity contribution in [1.29, 1.82) is 0 Å². The van der Waals surface area contributed by atoms with Gasteiger partial charge in [-0.25, -0.2) is 4.68 Å². The van der Waals surface area contributed by atoms with Gasteiger partial charge in [-0.15, -0.1) is 0 Å². The highest BCUT2D eigenvalue weighted by atomic mass is 35.5. The molecule has 0 unspecified atom stereocenters. The third kappa shape index (κ3) is 3.61. The molecule has 0 aliphatic heterocycles. The second kappa shape index (κ2) is 7.47. The molecule has 0 fully saturated rings. The van der Waals surface area contributed by atoms with Crippen molar-refractivity contribution in [3.05, 3.63) is 89.5 Å². The monoisotopic (exact) mass is 378 g/mol. The van der Waals surface area contributed by atoms with Crippen LogP contribution in [-0.2, 0) is 6.54 Å². The maximum absolute atomic E-state index is 12.8. The van der Waals surface area contributed by atoms with Crippen molar-refractivity contribution < 1.29 is 9.21 Å². The number of nitrogens with zero attached hydrogens (tertiary/aromatic N) is 3. The zero-order valence-electron chi connectivity index (χ0n) is 14.2. The van der Waals surface area contributed by atoms with Gasteiger partial charge in [0.15, 0.2) is 5.76 Å². The molecule has 3 heterocycles. The van der Waals surface area contributed by atoms with Crippen LogP contribution in [0.1, 0.15) is 16.1 Å². The molecule has 27 heavy (non-hydrogen) atoms. The van der Waals surface area contributed by atoms with E-state index in [-0.39, 0.29) is 5.91 Å². The van der Waals surface area contributed by atoms with Crippen LogP contribution in [0.25, 0.3) is 17.1 Å². The number of para-hydroxylation sites is 1. The number of carbonyl (C=O) groups excluding carboxylic acids is 1. The highest BCUT2D eigenvalue weighted by Crippen LogP contribution is 2.25. The molecular weight excluding hydrogens is 364 g/mol. The first-order valence-corrected chi connectivity index (χ1v) is 8.66. The molecule has 4 rings (SSSR count). The maximum Gasteiger partial charge on any atom is 0.270 e. The van der Waals surface area contributed by atoms with Gasteiger partial charge in [0.05, 0.1) is 17.0 Å². The number of carbonyl (C=O) groups is 1. The molecule has 0 atom stereocenters. The predicted molar refractivity (Wildman–Crippen MR) is 102 cm³/mol. The first-order valence-electron chi connectivity index (χ1n) is 8.28. The Hall–Kier alpha value is -3.38. The normalized spacial score (nSPS) is 10.7. The summed E-state index contributed by atoms with van der Waals surface area (Å²) in [5.41, 5.74) is 2.43. The number of hydrogen-bond acceptors (Lipinski definition) is 4. The second-order valence-corrected chi connectivity index (χ2v) is 6.21. The molecule has 1 aromatic carbocycles. The van der Waals surface area contributed by atoms with E-state index in [1.807, 2.05) is 24.3 Å². The first kappa shape index (κ1) is 17.1. The van der Waals surface area contributed by atoms with Crippen molar-refractivity contribution in [3.8, 4) is 17.1 Å². The number of nitrogens with one attached hydrogen (secondary N) is 1. The topological polar surface area (TPSA) is 73.0 Å². The molecule has 134 valence electrons. The molecule has 0 saturated heterocycles. The number of benzene rings is 1. The average molecular weight is 379 g/mol. The lowest BCUT2D eigenvalue weighted by molar-refractivity contribution is 0.0943. The van der Waals surface area contributed by atoms with Crippen molar-refractivity contribution in [2.24, 2.45) is 0 Å². The number of pyridine rings is 1. The lowest BCUT2D eigenvalue weighted by atomic mass is 10.2. The van der Waals surface area contributed by atoms with E-state index < -0.39 is 0 Å². The Kier molecular flexibility index (Phi) is 4.72. The van der Waals surface area contributed by atoms with Crippen LogP contribution in [0.2, 0.25) is 5.02 Å². The van der Waals surface area contributed by atoms with E-state index in [9.17, 15) is 4.79 Å². The maximum atomic E-state index is 12.8. The molecule has 0 bridgehead atoms. The van der Waals surface area contributed by atoms with Crippen molar-refractivity contribution >= 4 is 17.5 Å². The Morgan fingerprint density at radius 1 is 1.15 bits per heavy atom. The molecule has 0 spiro atoms. The fraction of sp³-hybridized carbons (Fsp3) is 0.0500. The summed E-state index contributed by atoms with van der Waals surface area (Å²) in [4.78, 5) is 16.9. The van der Waals surface area contributed by atoms with E-state index in [4.69, 9.17) is 16.0 Å². The standard InChI is InChI=1S/C20H15ClN4O2/c21-15-6-1-2-7-17(15)25-18(11-16(24-25)19-8-4-10-27-19)20(26)23-13-14-5-3-9-22-12-14/h1-12H,13H2,(H,23,26). The Bertz CT molecular complexity index is 1060. The van der Waals surface area contributed by atoms with Crippen LogP contribution in [0.15, 0.2) is 77.7 Å². The van der Waals surface area contributed by atoms with Crippen LogP contribution in [0.5, 0.6) is 0 Å². The molecule has 0 aliphatic carbocycles. The van der Waals surface area contributed by atoms with Gasteiger partial charge in [-0.1, -0.05) is 29.8 Å². The zero-order valence-corrected chi connectivity index (χ0v) is 14.9. The van der Waals surface area contributed by atoms with Crippen LogP contribution in [-0.4, -0.2) is 20.7 Å². The third-order valence-electron chi connectivity index (χ3n) is 3.97. The smallest absolute Gasteiger partial charge is 0.270 e. The molecule has 6 nitrogen and oxygen atoms in total. The molecular formula is C20H15ClN4O2. The van der Waals surface area contributed by atoms with Crippen LogP contribution >= 0.6 is 11.6 Å². The number of halogens is 1. The van der Waals surface area contributed by atoms with Gasteiger partial charge in [-0.2, -0.15) is 5.10 Å². The molecule has 7 heteroatoms. The number of furan rings is 1. The number of rotatable bonds is 5. The SMILES string of the molecule is O=C(NCc1cccnc1)c1cc(-c2ccco2)nn1-c1ccccc1Cl. The van der Waals surface area contributed by atoms with Gasteiger partial charge < -0.3 is 9.73 Å². The molecule has 1 amide bonds. The minimum Gasteiger partial charge on any atom is -0.463 e. The Balaban J connectivity index is 1.70. The highest BCUT2D eigenvalue weighted by Gasteiger charge is 2.19. The van der Waals surface area contributed by atoms with Gasteiger partial charge in [0, 0.05) is 25.0 Å². The minimum absolute atomic E-state index is 0.274. The van der Waals surface area contributed by atoms with Gasteiger partial charge in [0.1, 0.15) is 11.4 Å². The lowest BCUT2D eigenvalue weighted by Gasteiger charge is -2.09. The Labute approximate surface area is 160 Å². The van der Waals surface area contributed by atoms with Crippen molar-refractivity contribution in [3.63, 3.8) is 0 Å². The van der Waals surface area contributed by atoms with E-state index in [2.05, 4.69) is 15.4 Å². The molecule has 0 saturated carbocycles. The second-order valence-electron chi connectivity index (χ2n) is 5.80. The summed E-state index contributed by atoms with van der Waals surface area (Å²) >= 11 is 6.32. The molecule has 0 radical (unpaired) electrons. The number of amides is 1. The summed E-state index contributed by atoms with van der Waals surface area (Å²) in [6, 6.07) is 16.2. The number of hydrogen-bond donors (Lipinski definition) is 1. The summed E-state index contributed by atoms with van der Waals surface area (Å²) in [7, 11) is 0. The van der Waals surface area contributed by atoms with Crippen molar-refractivity contribution in [1.82, 2.24) is 20.1 Å². The van der Waals surface area contributed by atoms with Gasteiger partial charge in [-0.3, -0.25) is 9.78 Å². The first-order chi connectivity index (χ1) is 13.2. The molecule has 0 aliphatic rings. The Morgan fingerprint density at radius 3 is 2.78 bits per heavy atom. The van der Waals surface area contributed by atoms with Gasteiger partial charge >= 0.3 is 0 Å². The third-order valence-corrected chi connectivity index (χ3v) is 4.29. The summed E-state index contributed by atoms with van der Waals surface area (Å²) in [6.07, 6.45) is 4.96. The fourth-order valence-electron chi connectivity index (χ4n) is 2.67. The molecule has 1 N–H and O–H groups in total. The molecule has 4 aromatic rings. The minimum atomic E-state index is -0.274. The van der Waals surface area contributed by atoms with Crippen molar-refractivity contribution in [2.75, 3.05) is 0 Å². The quantitative estimate of drug-likeness (QED) is 0.567. The lowest BCUT2D eigenvalue weighted by Crippen LogP contribution is -2.25. The fourth-order valence-corrected chi connectivity index (χ4v) is 2.89. The van der Waals surface area contributed by atoms with Gasteiger partial charge in [-0.05, 0) is 35.9 Å². The largest absolute Gasteiger partial charge is 0.463 e. The average Bonchev–Trinajstić information content (AvgIpc) is 3.37. The van der Waals surface area contributed by atoms with Crippen LogP contribution in [0.4, 0.5) is 0 Å². The van der Waals surface area contributed by atoms with Crippen LogP contribution < -0.4 is 5.32 Å². The van der Waals surface area contributed by atoms with E-state index in [1.165, 1.54) is 4.68 Å². The van der Waals surface area contributed by atoms with Crippen LogP contribution in [0.3, 0.4) is 0 Å². The summed E-state index contributed by atoms with van der Waals surface area (Å²) in [5.74, 6) is 0.297. The van der Waals surface area contributed by atoms with Crippen LogP contribution in [0, 0.1) is 0 Å². The molecule has 3 aromatic heterocycles. The predicted octanol–water partition coefficient (Wildman–Crippen LogP) is 4.11. The van der Waals surface area contributed by atoms with Crippen molar-refractivity contribution in [2.45, 2.75) is 6.54 Å². The van der Waals surface area contributed by atoms with E-state index in [1.54, 1.807) is 49.0 Å². The highest BCUT2D eigenvalue weighted by molar-refractivity contribution is 6.32. The number of aromatic nitrogens is 3. The van der Waals surface area contributed by atoms with E-state index in [0.29, 0.717) is 34.4 Å².